The van der Waals surface area contributed by atoms with Crippen LogP contribution in [0.15, 0.2) is 66.7 Å². The molecule has 0 spiro atoms. The molecule has 8 heteroatoms. The number of halogens is 2. The van der Waals surface area contributed by atoms with E-state index in [9.17, 15) is 18.4 Å². The van der Waals surface area contributed by atoms with Crippen molar-refractivity contribution in [2.45, 2.75) is 59.2 Å². The van der Waals surface area contributed by atoms with E-state index in [0.717, 1.165) is 24.1 Å². The summed E-state index contributed by atoms with van der Waals surface area (Å²) in [4.78, 5) is 32.2. The van der Waals surface area contributed by atoms with Gasteiger partial charge in [0.1, 0.15) is 35.2 Å². The molecule has 6 nitrogen and oxygen atoms in total. The molecular formula is C30H31F2N3O3. The number of benzene rings is 3. The van der Waals surface area contributed by atoms with Gasteiger partial charge in [0.05, 0.1) is 17.6 Å². The Labute approximate surface area is 220 Å². The Balaban J connectivity index is 1.78. The number of imidazole rings is 1. The van der Waals surface area contributed by atoms with E-state index in [4.69, 9.17) is 9.72 Å². The first kappa shape index (κ1) is 27.0. The fourth-order valence-corrected chi connectivity index (χ4v) is 4.31. The minimum Gasteiger partial charge on any atom is -0.459 e. The Bertz CT molecular complexity index is 1440. The number of ether oxygens (including phenoxy) is 1. The first-order valence-corrected chi connectivity index (χ1v) is 12.6. The molecule has 198 valence electrons. The van der Waals surface area contributed by atoms with E-state index in [0.29, 0.717) is 29.0 Å². The zero-order chi connectivity index (χ0) is 27.4. The molecular weight excluding hydrogens is 488 g/mol. The lowest BCUT2D eigenvalue weighted by atomic mass is 10.1. The average molecular weight is 520 g/mol. The maximum atomic E-state index is 14.6. The van der Waals surface area contributed by atoms with Crippen molar-refractivity contribution < 1.29 is 23.1 Å². The van der Waals surface area contributed by atoms with E-state index in [1.807, 2.05) is 62.6 Å². The predicted molar refractivity (Wildman–Crippen MR) is 143 cm³/mol. The highest BCUT2D eigenvalue weighted by atomic mass is 19.1. The van der Waals surface area contributed by atoms with Crippen LogP contribution in [0, 0.1) is 11.6 Å². The maximum absolute atomic E-state index is 14.6. The van der Waals surface area contributed by atoms with Crippen molar-refractivity contribution in [3.63, 3.8) is 0 Å². The van der Waals surface area contributed by atoms with E-state index in [1.165, 1.54) is 11.0 Å². The van der Waals surface area contributed by atoms with Crippen LogP contribution in [0.4, 0.5) is 14.5 Å². The smallest absolute Gasteiger partial charge is 0.326 e. The summed E-state index contributed by atoms with van der Waals surface area (Å²) in [6.07, 6.45) is 1.45. The van der Waals surface area contributed by atoms with Crippen LogP contribution in [0.1, 0.15) is 55.9 Å². The predicted octanol–water partition coefficient (Wildman–Crippen LogP) is 6.46. The number of nitrogens with zero attached hydrogens (tertiary/aromatic N) is 3. The molecule has 0 saturated heterocycles. The quantitative estimate of drug-likeness (QED) is 0.251. The normalized spacial score (nSPS) is 11.5. The molecule has 0 aliphatic rings. The number of aromatic nitrogens is 2. The number of hydrogen-bond donors (Lipinski definition) is 0. The summed E-state index contributed by atoms with van der Waals surface area (Å²) < 4.78 is 36.5. The molecule has 0 N–H and O–H groups in total. The monoisotopic (exact) mass is 519 g/mol. The molecule has 4 aromatic rings. The van der Waals surface area contributed by atoms with Crippen LogP contribution in [0.25, 0.3) is 11.0 Å². The van der Waals surface area contributed by atoms with Crippen LogP contribution in [0.2, 0.25) is 0 Å². The SMILES string of the molecule is CCCc1nc2cc(N(Cc3ccccc3)C(=O)c3c(F)cccc3F)ccc2n1CC(=O)OC(C)(C)C. The van der Waals surface area contributed by atoms with E-state index in [-0.39, 0.29) is 19.1 Å². The number of fused-ring (bicyclic) bond motifs is 1. The second-order valence-corrected chi connectivity index (χ2v) is 10.1. The molecule has 0 atom stereocenters. The lowest BCUT2D eigenvalue weighted by molar-refractivity contribution is -0.155. The summed E-state index contributed by atoms with van der Waals surface area (Å²) >= 11 is 0. The Hall–Kier alpha value is -4.07. The molecule has 38 heavy (non-hydrogen) atoms. The third kappa shape index (κ3) is 6.07. The van der Waals surface area contributed by atoms with Crippen molar-refractivity contribution in [3.8, 4) is 0 Å². The van der Waals surface area contributed by atoms with Gasteiger partial charge in [0.2, 0.25) is 0 Å². The van der Waals surface area contributed by atoms with Crippen LogP contribution in [-0.4, -0.2) is 27.0 Å². The number of hydrogen-bond acceptors (Lipinski definition) is 4. The molecule has 0 aliphatic carbocycles. The highest BCUT2D eigenvalue weighted by molar-refractivity contribution is 6.07. The second-order valence-electron chi connectivity index (χ2n) is 10.1. The molecule has 0 unspecified atom stereocenters. The molecule has 1 heterocycles. The van der Waals surface area contributed by atoms with Crippen molar-refractivity contribution >= 4 is 28.6 Å². The standard InChI is InChI=1S/C30H31F2N3O3/c1-5-10-26-33-24-17-21(15-16-25(24)35(26)19-27(36)38-30(2,3)4)34(18-20-11-7-6-8-12-20)29(37)28-22(31)13-9-14-23(28)32/h6-9,11-17H,5,10,18-19H2,1-4H3. The van der Waals surface area contributed by atoms with Crippen molar-refractivity contribution in [2.75, 3.05) is 4.90 Å². The van der Waals surface area contributed by atoms with Gasteiger partial charge in [-0.15, -0.1) is 0 Å². The number of aryl methyl sites for hydroxylation is 1. The van der Waals surface area contributed by atoms with Gasteiger partial charge in [-0.3, -0.25) is 9.59 Å². The minimum absolute atomic E-state index is 0.00442. The van der Waals surface area contributed by atoms with Crippen LogP contribution < -0.4 is 4.90 Å². The summed E-state index contributed by atoms with van der Waals surface area (Å²) in [7, 11) is 0. The van der Waals surface area contributed by atoms with Gasteiger partial charge in [0.15, 0.2) is 0 Å². The van der Waals surface area contributed by atoms with Gasteiger partial charge >= 0.3 is 5.97 Å². The molecule has 0 saturated carbocycles. The maximum Gasteiger partial charge on any atom is 0.326 e. The highest BCUT2D eigenvalue weighted by Gasteiger charge is 2.26. The number of carbonyl (C=O) groups excluding carboxylic acids is 2. The summed E-state index contributed by atoms with van der Waals surface area (Å²) in [6.45, 7) is 7.55. The molecule has 0 radical (unpaired) electrons. The molecule has 0 bridgehead atoms. The van der Waals surface area contributed by atoms with Crippen molar-refractivity contribution in [1.82, 2.24) is 9.55 Å². The summed E-state index contributed by atoms with van der Waals surface area (Å²) in [5.74, 6) is -2.33. The van der Waals surface area contributed by atoms with Gasteiger partial charge in [-0.2, -0.15) is 0 Å². The fourth-order valence-electron chi connectivity index (χ4n) is 4.31. The Kier molecular flexibility index (Phi) is 7.90. The van der Waals surface area contributed by atoms with Gasteiger partial charge in [0, 0.05) is 12.1 Å². The number of amides is 1. The third-order valence-corrected chi connectivity index (χ3v) is 5.91. The first-order valence-electron chi connectivity index (χ1n) is 12.6. The van der Waals surface area contributed by atoms with Crippen LogP contribution in [0.3, 0.4) is 0 Å². The Morgan fingerprint density at radius 3 is 2.29 bits per heavy atom. The van der Waals surface area contributed by atoms with Crippen molar-refractivity contribution in [3.05, 3.63) is 95.3 Å². The first-order chi connectivity index (χ1) is 18.1. The lowest BCUT2D eigenvalue weighted by Gasteiger charge is -2.24. The largest absolute Gasteiger partial charge is 0.459 e. The molecule has 0 aliphatic heterocycles. The fraction of sp³-hybridized carbons (Fsp3) is 0.300. The molecule has 1 amide bonds. The highest BCUT2D eigenvalue weighted by Crippen LogP contribution is 2.28. The van der Waals surface area contributed by atoms with Gasteiger partial charge in [-0.1, -0.05) is 43.3 Å². The van der Waals surface area contributed by atoms with Gasteiger partial charge < -0.3 is 14.2 Å². The Morgan fingerprint density at radius 2 is 1.66 bits per heavy atom. The molecule has 0 fully saturated rings. The van der Waals surface area contributed by atoms with Gasteiger partial charge in [-0.05, 0) is 63.1 Å². The zero-order valence-electron chi connectivity index (χ0n) is 22.0. The summed E-state index contributed by atoms with van der Waals surface area (Å²) in [5, 5.41) is 0. The number of rotatable bonds is 8. The van der Waals surface area contributed by atoms with Crippen LogP contribution in [0.5, 0.6) is 0 Å². The third-order valence-electron chi connectivity index (χ3n) is 5.91. The number of anilines is 1. The van der Waals surface area contributed by atoms with Crippen LogP contribution in [-0.2, 0) is 29.0 Å². The van der Waals surface area contributed by atoms with Crippen molar-refractivity contribution in [2.24, 2.45) is 0 Å². The van der Waals surface area contributed by atoms with Crippen molar-refractivity contribution in [1.29, 1.82) is 0 Å². The van der Waals surface area contributed by atoms with E-state index < -0.39 is 28.7 Å². The van der Waals surface area contributed by atoms with E-state index >= 15 is 0 Å². The zero-order valence-corrected chi connectivity index (χ0v) is 22.0. The van der Waals surface area contributed by atoms with E-state index in [1.54, 1.807) is 18.2 Å². The summed E-state index contributed by atoms with van der Waals surface area (Å²) in [5.41, 5.74) is 1.25. The number of esters is 1. The molecule has 4 rings (SSSR count). The van der Waals surface area contributed by atoms with Gasteiger partial charge in [-0.25, -0.2) is 13.8 Å². The lowest BCUT2D eigenvalue weighted by Crippen LogP contribution is -2.32. The van der Waals surface area contributed by atoms with Gasteiger partial charge in [0.25, 0.3) is 5.91 Å². The topological polar surface area (TPSA) is 64.4 Å². The van der Waals surface area contributed by atoms with Crippen LogP contribution >= 0.6 is 0 Å². The number of carbonyl (C=O) groups is 2. The van der Waals surface area contributed by atoms with E-state index in [2.05, 4.69) is 0 Å². The Morgan fingerprint density at radius 1 is 0.974 bits per heavy atom. The second kappa shape index (κ2) is 11.1. The molecule has 1 aromatic heterocycles. The minimum atomic E-state index is -0.930. The average Bonchev–Trinajstić information content (AvgIpc) is 3.18. The molecule has 3 aromatic carbocycles. The summed E-state index contributed by atoms with van der Waals surface area (Å²) in [6, 6.07) is 17.7.